The van der Waals surface area contributed by atoms with Crippen molar-refractivity contribution in [2.24, 2.45) is 0 Å². The summed E-state index contributed by atoms with van der Waals surface area (Å²) in [5.41, 5.74) is 0. The van der Waals surface area contributed by atoms with Crippen LogP contribution in [-0.2, 0) is 0 Å². The van der Waals surface area contributed by atoms with Crippen LogP contribution >= 0.6 is 0 Å². The van der Waals surface area contributed by atoms with Crippen LogP contribution in [0, 0.1) is 49.7 Å². The van der Waals surface area contributed by atoms with Gasteiger partial charge in [-0.15, -0.1) is 0 Å². The van der Waals surface area contributed by atoms with E-state index in [4.69, 9.17) is 0 Å². The van der Waals surface area contributed by atoms with E-state index in [9.17, 15) is 0 Å². The smallest absolute Gasteiger partial charge is 0 e. The van der Waals surface area contributed by atoms with Gasteiger partial charge in [-0.2, -0.15) is 0 Å². The van der Waals surface area contributed by atoms with Crippen molar-refractivity contribution in [2.45, 2.75) is 83.5 Å². The van der Waals surface area contributed by atoms with Crippen LogP contribution in [0.3, 0.4) is 0 Å². The molecule has 3 radical (unpaired) electrons. The molecule has 0 heterocycles. The minimum Gasteiger partial charge on any atom is -0.0533 e. The molecule has 0 unspecified atom stereocenters. The Kier molecular flexibility index (Phi) is 15.4. The predicted molar refractivity (Wildman–Crippen MR) is 68.6 cm³/mol. The number of hydrogen-bond acceptors (Lipinski definition) is 0. The van der Waals surface area contributed by atoms with Gasteiger partial charge in [0.05, 0.1) is 0 Å². The van der Waals surface area contributed by atoms with E-state index in [1.54, 1.807) is 0 Å². The maximum Gasteiger partial charge on any atom is 0 e. The second-order valence-electron chi connectivity index (χ2n) is 4.94. The topological polar surface area (TPSA) is 0 Å². The molecule has 16 heavy (non-hydrogen) atoms. The molecule has 0 amide bonds. The molecule has 1 heteroatoms. The van der Waals surface area contributed by atoms with Crippen LogP contribution < -0.4 is 0 Å². The Morgan fingerprint density at radius 1 is 0.375 bits per heavy atom. The Morgan fingerprint density at radius 3 is 0.750 bits per heavy atom. The fourth-order valence-electron chi connectivity index (χ4n) is 2.36. The molecular weight excluding hydrogens is 349 g/mol. The van der Waals surface area contributed by atoms with E-state index in [1.165, 1.54) is 83.5 Å². The Labute approximate surface area is 132 Å². The fraction of sp³-hybridized carbons (Fsp3) is 0.867. The van der Waals surface area contributed by atoms with Crippen LogP contribution in [0.5, 0.6) is 0 Å². The predicted octanol–water partition coefficient (Wildman–Crippen LogP) is 5.48. The van der Waals surface area contributed by atoms with Crippen LogP contribution in [0.25, 0.3) is 0 Å². The molecule has 3 saturated carbocycles. The zero-order chi connectivity index (χ0) is 10.6. The molecule has 0 spiro atoms. The van der Waals surface area contributed by atoms with E-state index >= 15 is 0 Å². The Morgan fingerprint density at radius 2 is 0.625 bits per heavy atom. The molecule has 0 aromatic carbocycles. The summed E-state index contributed by atoms with van der Waals surface area (Å²) in [6.45, 7) is 0. The van der Waals surface area contributed by atoms with Crippen molar-refractivity contribution in [3.8, 4) is 0 Å². The van der Waals surface area contributed by atoms with Crippen LogP contribution in [0.4, 0.5) is 0 Å². The van der Waals surface area contributed by atoms with E-state index in [1.807, 2.05) is 0 Å². The van der Waals surface area contributed by atoms with E-state index < -0.39 is 0 Å². The van der Waals surface area contributed by atoms with Crippen LogP contribution in [-0.4, -0.2) is 0 Å². The summed E-state index contributed by atoms with van der Waals surface area (Å²) in [6.07, 6.45) is 23.5. The van der Waals surface area contributed by atoms with Crippen molar-refractivity contribution >= 4 is 0 Å². The average molecular weight is 377 g/mol. The van der Waals surface area contributed by atoms with Gasteiger partial charge < -0.3 is 0 Å². The molecule has 0 nitrogen and oxygen atoms in total. The summed E-state index contributed by atoms with van der Waals surface area (Å²) in [6, 6.07) is 0. The first kappa shape index (κ1) is 17.2. The fourth-order valence-corrected chi connectivity index (χ4v) is 2.36. The SMILES string of the molecule is C1CCCC1.C1CCCC1.[CH]1[CH]CCC1.[Tm]. The van der Waals surface area contributed by atoms with Crippen molar-refractivity contribution in [3.05, 3.63) is 12.8 Å². The molecule has 0 bridgehead atoms. The van der Waals surface area contributed by atoms with E-state index in [0.717, 1.165) is 0 Å². The molecule has 0 aromatic heterocycles. The second-order valence-corrected chi connectivity index (χ2v) is 4.94. The van der Waals surface area contributed by atoms with Crippen LogP contribution in [0.2, 0.25) is 0 Å². The van der Waals surface area contributed by atoms with E-state index in [2.05, 4.69) is 12.8 Å². The molecule has 3 fully saturated rings. The second kappa shape index (κ2) is 14.3. The molecule has 0 N–H and O–H groups in total. The third kappa shape index (κ3) is 11.7. The van der Waals surface area contributed by atoms with Crippen molar-refractivity contribution in [1.82, 2.24) is 0 Å². The van der Waals surface area contributed by atoms with E-state index in [0.29, 0.717) is 0 Å². The molecule has 0 saturated heterocycles. The largest absolute Gasteiger partial charge is 0.0533 e. The van der Waals surface area contributed by atoms with Gasteiger partial charge in [0.1, 0.15) is 0 Å². The monoisotopic (exact) mass is 377 g/mol. The first-order chi connectivity index (χ1) is 7.50. The molecule has 3 aliphatic carbocycles. The zero-order valence-corrected chi connectivity index (χ0v) is 12.4. The summed E-state index contributed by atoms with van der Waals surface area (Å²) in [4.78, 5) is 0. The van der Waals surface area contributed by atoms with Crippen molar-refractivity contribution in [2.75, 3.05) is 0 Å². The van der Waals surface area contributed by atoms with Gasteiger partial charge in [-0.3, -0.25) is 0 Å². The van der Waals surface area contributed by atoms with Gasteiger partial charge in [0.15, 0.2) is 0 Å². The van der Waals surface area contributed by atoms with Gasteiger partial charge in [-0.25, -0.2) is 0 Å². The Hall–Kier alpha value is 1.23. The van der Waals surface area contributed by atoms with Gasteiger partial charge in [0.2, 0.25) is 0 Å². The minimum absolute atomic E-state index is 0. The van der Waals surface area contributed by atoms with Crippen molar-refractivity contribution in [1.29, 1.82) is 0 Å². The minimum atomic E-state index is 0. The van der Waals surface area contributed by atoms with E-state index in [-0.39, 0.29) is 36.9 Å². The number of rotatable bonds is 0. The summed E-state index contributed by atoms with van der Waals surface area (Å²) in [5, 5.41) is 0. The maximum atomic E-state index is 2.24. The zero-order valence-electron chi connectivity index (χ0n) is 10.6. The molecule has 3 aliphatic rings. The maximum absolute atomic E-state index is 2.24. The third-order valence-corrected chi connectivity index (χ3v) is 3.41. The molecule has 101 valence electrons. The average Bonchev–Trinajstić information content (AvgIpc) is 3.09. The normalized spacial score (nSPS) is 22.5. The standard InChI is InChI=1S/2C5H10.C5H8.Tm/c3*1-2-4-5-3-1;/h2*1-5H2;1-2H,3-5H2;. The molecule has 0 aromatic rings. The summed E-state index contributed by atoms with van der Waals surface area (Å²) >= 11 is 0. The molecular formula is C15H28Tm. The quantitative estimate of drug-likeness (QED) is 0.524. The Balaban J connectivity index is 0.000000205. The van der Waals surface area contributed by atoms with Crippen molar-refractivity contribution < 1.29 is 36.9 Å². The summed E-state index contributed by atoms with van der Waals surface area (Å²) in [5.74, 6) is 0. The number of hydrogen-bond donors (Lipinski definition) is 0. The van der Waals surface area contributed by atoms with Crippen LogP contribution in [0.1, 0.15) is 83.5 Å². The molecule has 0 atom stereocenters. The van der Waals surface area contributed by atoms with Gasteiger partial charge in [-0.1, -0.05) is 70.6 Å². The Bertz CT molecular complexity index is 64.0. The van der Waals surface area contributed by atoms with Gasteiger partial charge in [0, 0.05) is 36.9 Å². The van der Waals surface area contributed by atoms with Gasteiger partial charge >= 0.3 is 0 Å². The van der Waals surface area contributed by atoms with Gasteiger partial charge in [0.25, 0.3) is 0 Å². The summed E-state index contributed by atoms with van der Waals surface area (Å²) in [7, 11) is 0. The first-order valence-corrected chi connectivity index (χ1v) is 7.15. The summed E-state index contributed by atoms with van der Waals surface area (Å²) < 4.78 is 0. The van der Waals surface area contributed by atoms with Crippen molar-refractivity contribution in [3.63, 3.8) is 0 Å². The van der Waals surface area contributed by atoms with Gasteiger partial charge in [-0.05, 0) is 25.7 Å². The molecule has 0 aliphatic heterocycles. The third-order valence-electron chi connectivity index (χ3n) is 3.41. The first-order valence-electron chi connectivity index (χ1n) is 7.15. The van der Waals surface area contributed by atoms with Crippen LogP contribution in [0.15, 0.2) is 0 Å². The molecule has 3 rings (SSSR count).